The van der Waals surface area contributed by atoms with Crippen molar-refractivity contribution < 1.29 is 14.3 Å². The number of ether oxygens (including phenoxy) is 2. The molecule has 0 spiro atoms. The van der Waals surface area contributed by atoms with E-state index in [1.807, 2.05) is 52.1 Å². The molecule has 1 aromatic heterocycles. The highest BCUT2D eigenvalue weighted by Crippen LogP contribution is 2.52. The molecule has 3 aliphatic heterocycles. The van der Waals surface area contributed by atoms with Crippen molar-refractivity contribution in [1.82, 2.24) is 14.5 Å². The molecule has 0 saturated carbocycles. The number of hydrogen-bond acceptors (Lipinski definition) is 4. The fourth-order valence-electron chi connectivity index (χ4n) is 5.85. The van der Waals surface area contributed by atoms with Crippen LogP contribution in [0, 0.1) is 5.92 Å². The van der Waals surface area contributed by atoms with Gasteiger partial charge in [-0.15, -0.1) is 0 Å². The normalized spacial score (nSPS) is 27.3. The summed E-state index contributed by atoms with van der Waals surface area (Å²) in [5, 5.41) is 0. The van der Waals surface area contributed by atoms with Gasteiger partial charge in [-0.2, -0.15) is 0 Å². The van der Waals surface area contributed by atoms with Crippen molar-refractivity contribution in [2.75, 3.05) is 6.54 Å². The number of carbonyl (C=O) groups is 1. The third-order valence-electron chi connectivity index (χ3n) is 7.52. The summed E-state index contributed by atoms with van der Waals surface area (Å²) in [4.78, 5) is 19.7. The summed E-state index contributed by atoms with van der Waals surface area (Å²) in [6.45, 7) is 5.71. The van der Waals surface area contributed by atoms with Crippen LogP contribution in [0.1, 0.15) is 54.3 Å². The number of imidazole rings is 1. The van der Waals surface area contributed by atoms with E-state index in [9.17, 15) is 4.79 Å². The molecule has 6 nitrogen and oxygen atoms in total. The van der Waals surface area contributed by atoms with Crippen LogP contribution in [0.5, 0.6) is 5.75 Å². The van der Waals surface area contributed by atoms with Gasteiger partial charge in [-0.25, -0.2) is 4.98 Å². The summed E-state index contributed by atoms with van der Waals surface area (Å²) >= 11 is 0. The lowest BCUT2D eigenvalue weighted by Crippen LogP contribution is -2.54. The number of carbonyl (C=O) groups excluding carboxylic acids is 1. The molecule has 4 heterocycles. The zero-order valence-corrected chi connectivity index (χ0v) is 19.1. The molecule has 0 radical (unpaired) electrons. The van der Waals surface area contributed by atoms with E-state index in [-0.39, 0.29) is 35.7 Å². The Hall–Kier alpha value is -3.12. The third kappa shape index (κ3) is 3.53. The van der Waals surface area contributed by atoms with E-state index in [0.29, 0.717) is 6.54 Å². The van der Waals surface area contributed by atoms with Gasteiger partial charge in [0.25, 0.3) is 5.91 Å². The molecule has 0 bridgehead atoms. The van der Waals surface area contributed by atoms with Gasteiger partial charge in [0.1, 0.15) is 11.4 Å². The minimum atomic E-state index is -0.355. The smallest absolute Gasteiger partial charge is 0.254 e. The number of aromatic nitrogens is 2. The Kier molecular flexibility index (Phi) is 4.80. The summed E-state index contributed by atoms with van der Waals surface area (Å²) in [5.41, 5.74) is 2.61. The Bertz CT molecular complexity index is 1170. The Morgan fingerprint density at radius 1 is 1.18 bits per heavy atom. The van der Waals surface area contributed by atoms with Crippen LogP contribution in [-0.4, -0.2) is 44.6 Å². The zero-order chi connectivity index (χ0) is 22.6. The van der Waals surface area contributed by atoms with Crippen molar-refractivity contribution in [2.45, 2.75) is 57.1 Å². The van der Waals surface area contributed by atoms with Gasteiger partial charge in [-0.1, -0.05) is 30.3 Å². The Morgan fingerprint density at radius 3 is 2.91 bits per heavy atom. The minimum absolute atomic E-state index is 0.0137. The predicted octanol–water partition coefficient (Wildman–Crippen LogP) is 4.46. The maximum atomic E-state index is 13.6. The Labute approximate surface area is 194 Å². The van der Waals surface area contributed by atoms with Gasteiger partial charge >= 0.3 is 0 Å². The van der Waals surface area contributed by atoms with Crippen LogP contribution >= 0.6 is 0 Å². The molecule has 2 saturated heterocycles. The van der Waals surface area contributed by atoms with Crippen molar-refractivity contribution in [3.8, 4) is 5.75 Å². The molecule has 0 aliphatic carbocycles. The van der Waals surface area contributed by atoms with Gasteiger partial charge in [0.15, 0.2) is 0 Å². The Balaban J connectivity index is 1.24. The van der Waals surface area contributed by atoms with Crippen LogP contribution in [0.4, 0.5) is 0 Å². The second-order valence-electron chi connectivity index (χ2n) is 9.97. The van der Waals surface area contributed by atoms with Crippen molar-refractivity contribution in [2.24, 2.45) is 5.92 Å². The lowest BCUT2D eigenvalue weighted by molar-refractivity contribution is -0.159. The highest BCUT2D eigenvalue weighted by molar-refractivity contribution is 5.94. The second kappa shape index (κ2) is 7.73. The average Bonchev–Trinajstić information content (AvgIpc) is 3.47. The monoisotopic (exact) mass is 443 g/mol. The number of amides is 1. The van der Waals surface area contributed by atoms with Gasteiger partial charge in [0, 0.05) is 42.5 Å². The fourth-order valence-corrected chi connectivity index (χ4v) is 5.85. The molecule has 6 rings (SSSR count). The predicted molar refractivity (Wildman–Crippen MR) is 124 cm³/mol. The molecule has 4 atom stereocenters. The van der Waals surface area contributed by atoms with Crippen molar-refractivity contribution in [1.29, 1.82) is 0 Å². The number of hydrogen-bond donors (Lipinski definition) is 0. The lowest BCUT2D eigenvalue weighted by atomic mass is 9.74. The minimum Gasteiger partial charge on any atom is -0.487 e. The van der Waals surface area contributed by atoms with Crippen LogP contribution < -0.4 is 4.74 Å². The first-order valence-corrected chi connectivity index (χ1v) is 11.8. The molecule has 2 fully saturated rings. The molecule has 2 aromatic carbocycles. The summed E-state index contributed by atoms with van der Waals surface area (Å²) < 4.78 is 15.1. The van der Waals surface area contributed by atoms with Crippen LogP contribution in [0.25, 0.3) is 0 Å². The molecule has 170 valence electrons. The van der Waals surface area contributed by atoms with E-state index in [2.05, 4.69) is 31.0 Å². The number of fused-ring (bicyclic) bond motifs is 4. The van der Waals surface area contributed by atoms with Crippen molar-refractivity contribution in [3.05, 3.63) is 83.9 Å². The molecule has 3 aromatic rings. The molecule has 3 aliphatic rings. The van der Waals surface area contributed by atoms with Crippen LogP contribution in [-0.2, 0) is 11.3 Å². The van der Waals surface area contributed by atoms with Crippen LogP contribution in [0.2, 0.25) is 0 Å². The lowest BCUT2D eigenvalue weighted by Gasteiger charge is -2.50. The quantitative estimate of drug-likeness (QED) is 0.600. The standard InChI is InChI=1S/C27H29N3O3/c1-27(2)21-15-22-24(32-25(21)20-8-3-4-9-23(20)33-27)10-12-30(22)26(31)19-7-5-6-18(14-19)16-29-13-11-28-17-29/h3-9,11,13-14,17,21-22,24-25H,10,12,15-16H2,1-2H3/t21-,22+,24-,25+/m0/s1. The van der Waals surface area contributed by atoms with E-state index in [1.165, 1.54) is 0 Å². The maximum absolute atomic E-state index is 13.6. The van der Waals surface area contributed by atoms with Crippen molar-refractivity contribution >= 4 is 5.91 Å². The number of rotatable bonds is 3. The molecule has 33 heavy (non-hydrogen) atoms. The molecular formula is C27H29N3O3. The first kappa shape index (κ1) is 20.5. The number of para-hydroxylation sites is 1. The summed E-state index contributed by atoms with van der Waals surface area (Å²) in [5.74, 6) is 1.20. The third-order valence-corrected chi connectivity index (χ3v) is 7.52. The Morgan fingerprint density at radius 2 is 2.06 bits per heavy atom. The fraction of sp³-hybridized carbons (Fsp3) is 0.407. The van der Waals surface area contributed by atoms with E-state index < -0.39 is 0 Å². The van der Waals surface area contributed by atoms with Gasteiger partial charge < -0.3 is 18.9 Å². The van der Waals surface area contributed by atoms with E-state index >= 15 is 0 Å². The van der Waals surface area contributed by atoms with Crippen LogP contribution in [0.3, 0.4) is 0 Å². The molecule has 1 amide bonds. The molecule has 0 unspecified atom stereocenters. The first-order valence-electron chi connectivity index (χ1n) is 11.8. The van der Waals surface area contributed by atoms with E-state index in [4.69, 9.17) is 9.47 Å². The SMILES string of the molecule is CC1(C)Oc2ccccc2[C@H]2O[C@H]3CCN(C(=O)c4cccc(Cn5ccnc5)c4)[C@@H]3C[C@@H]21. The number of benzene rings is 2. The van der Waals surface area contributed by atoms with Crippen molar-refractivity contribution in [3.63, 3.8) is 0 Å². The maximum Gasteiger partial charge on any atom is 0.254 e. The summed E-state index contributed by atoms with van der Waals surface area (Å²) in [6, 6.07) is 16.2. The molecular weight excluding hydrogens is 414 g/mol. The topological polar surface area (TPSA) is 56.6 Å². The molecule has 0 N–H and O–H groups in total. The number of nitrogens with zero attached hydrogens (tertiary/aromatic N) is 3. The summed E-state index contributed by atoms with van der Waals surface area (Å²) in [7, 11) is 0. The summed E-state index contributed by atoms with van der Waals surface area (Å²) in [6.07, 6.45) is 7.33. The first-order chi connectivity index (χ1) is 16.0. The second-order valence-corrected chi connectivity index (χ2v) is 9.97. The van der Waals surface area contributed by atoms with Crippen LogP contribution in [0.15, 0.2) is 67.3 Å². The van der Waals surface area contributed by atoms with Gasteiger partial charge in [0.2, 0.25) is 0 Å². The number of likely N-dealkylation sites (tertiary alicyclic amines) is 1. The van der Waals surface area contributed by atoms with Gasteiger partial charge in [-0.3, -0.25) is 4.79 Å². The van der Waals surface area contributed by atoms with E-state index in [0.717, 1.165) is 41.8 Å². The average molecular weight is 444 g/mol. The van der Waals surface area contributed by atoms with E-state index in [1.54, 1.807) is 12.5 Å². The molecule has 6 heteroatoms. The highest BCUT2D eigenvalue weighted by atomic mass is 16.5. The zero-order valence-electron chi connectivity index (χ0n) is 19.1. The van der Waals surface area contributed by atoms with Gasteiger partial charge in [-0.05, 0) is 50.5 Å². The largest absolute Gasteiger partial charge is 0.487 e. The van der Waals surface area contributed by atoms with Gasteiger partial charge in [0.05, 0.1) is 24.6 Å². The highest BCUT2D eigenvalue weighted by Gasteiger charge is 2.53.